The van der Waals surface area contributed by atoms with E-state index in [2.05, 4.69) is 84.7 Å². The van der Waals surface area contributed by atoms with E-state index < -0.39 is 0 Å². The summed E-state index contributed by atoms with van der Waals surface area (Å²) < 4.78 is 0. The van der Waals surface area contributed by atoms with Crippen LogP contribution in [0.5, 0.6) is 0 Å². The largest absolute Gasteiger partial charge is 0.343 e. The van der Waals surface area contributed by atoms with E-state index in [0.29, 0.717) is 62.8 Å². The minimum atomic E-state index is -0.0197. The average molecular weight is 1000 g/mol. The molecule has 372 valence electrons. The predicted molar refractivity (Wildman–Crippen MR) is 276 cm³/mol. The Kier molecular flexibility index (Phi) is 18.1. The molecule has 0 spiro atoms. The number of rotatable bonds is 12. The molecule has 4 heterocycles. The van der Waals surface area contributed by atoms with Crippen LogP contribution >= 0.6 is 46.4 Å². The summed E-state index contributed by atoms with van der Waals surface area (Å²) in [6, 6.07) is 13.2. The molecule has 8 rings (SSSR count). The summed E-state index contributed by atoms with van der Waals surface area (Å²) in [7, 11) is 0. The van der Waals surface area contributed by atoms with Gasteiger partial charge in [0.2, 0.25) is 17.7 Å². The van der Waals surface area contributed by atoms with Crippen molar-refractivity contribution < 1.29 is 14.4 Å². The van der Waals surface area contributed by atoms with Crippen molar-refractivity contribution in [1.82, 2.24) is 29.8 Å². The average Bonchev–Trinajstić information content (AvgIpc) is 4.24. The number of amides is 3. The van der Waals surface area contributed by atoms with Crippen molar-refractivity contribution in [3.8, 4) is 0 Å². The van der Waals surface area contributed by atoms with Gasteiger partial charge < -0.3 is 20.0 Å². The van der Waals surface area contributed by atoms with E-state index in [1.165, 1.54) is 36.8 Å². The Bertz CT molecular complexity index is 2000. The standard InChI is InChI=1S/C28H41Cl2N3O2.C26H39Cl2N3O/c1-19(34)31-11-9-21(10-12-31)16-27(35)33-14-13-32(18-26(33)28(2,3)4)25(15-20-5-6-20)22-7-8-23(29)24(30)17-22;1-26(2,3)24-17-30(12-13-31(24)25(32)15-19-8-10-29-11-9-19)23(14-18-4-5-18)20-6-7-21(27)22(28)16-20/h7-8,17,20-21,25-26H,5-6,9-16,18H2,1-4H3;6-7,16,18-19,23-24,29H,4-5,8-15,17H2,1-3H3/t25?,26-;23?,24-/m11/s1. The number of hydrogen-bond acceptors (Lipinski definition) is 6. The first-order valence-electron chi connectivity index (χ1n) is 25.7. The van der Waals surface area contributed by atoms with Gasteiger partial charge in [0.15, 0.2) is 0 Å². The molecule has 6 fully saturated rings. The van der Waals surface area contributed by atoms with E-state index >= 15 is 0 Å². The number of hydrogen-bond donors (Lipinski definition) is 1. The van der Waals surface area contributed by atoms with Crippen LogP contribution in [0, 0.1) is 34.5 Å². The minimum Gasteiger partial charge on any atom is -0.343 e. The third kappa shape index (κ3) is 14.5. The summed E-state index contributed by atoms with van der Waals surface area (Å²) in [6.45, 7) is 24.0. The van der Waals surface area contributed by atoms with Crippen LogP contribution < -0.4 is 5.32 Å². The number of halogens is 4. The lowest BCUT2D eigenvalue weighted by atomic mass is 9.82. The van der Waals surface area contributed by atoms with Gasteiger partial charge in [0.05, 0.1) is 20.1 Å². The second-order valence-electron chi connectivity index (χ2n) is 23.2. The number of carbonyl (C=O) groups excluding carboxylic acids is 3. The maximum atomic E-state index is 13.5. The van der Waals surface area contributed by atoms with Crippen molar-refractivity contribution in [2.24, 2.45) is 34.5 Å². The Morgan fingerprint density at radius 2 is 0.955 bits per heavy atom. The number of nitrogens with zero attached hydrogens (tertiary/aromatic N) is 5. The lowest BCUT2D eigenvalue weighted by Crippen LogP contribution is -2.60. The summed E-state index contributed by atoms with van der Waals surface area (Å²) in [5.74, 6) is 3.26. The van der Waals surface area contributed by atoms with Gasteiger partial charge in [-0.2, -0.15) is 0 Å². The van der Waals surface area contributed by atoms with Crippen LogP contribution in [0.15, 0.2) is 36.4 Å². The SMILES string of the molecule is CC(=O)N1CCC(CC(=O)N2CCN(C(CC3CC3)c3ccc(Cl)c(Cl)c3)C[C@@H]2C(C)(C)C)CC1.CC(C)(C)[C@H]1CN(C(CC2CC2)c2ccc(Cl)c(Cl)c2)CCN1C(=O)CC1CCNCC1. The quantitative estimate of drug-likeness (QED) is 0.228. The molecule has 4 saturated heterocycles. The number of piperazine rings is 2. The normalized spacial score (nSPS) is 24.0. The Morgan fingerprint density at radius 1 is 0.552 bits per heavy atom. The van der Waals surface area contributed by atoms with Gasteiger partial charge in [0.25, 0.3) is 0 Å². The molecule has 6 aliphatic rings. The van der Waals surface area contributed by atoms with E-state index in [9.17, 15) is 14.4 Å². The van der Waals surface area contributed by atoms with E-state index in [-0.39, 0.29) is 34.7 Å². The van der Waals surface area contributed by atoms with Crippen molar-refractivity contribution in [1.29, 1.82) is 0 Å². The molecular weight excluding hydrogens is 922 g/mol. The van der Waals surface area contributed by atoms with Gasteiger partial charge in [-0.05, 0) is 122 Å². The van der Waals surface area contributed by atoms with Gasteiger partial charge in [0.1, 0.15) is 0 Å². The van der Waals surface area contributed by atoms with Gasteiger partial charge >= 0.3 is 0 Å². The molecule has 9 nitrogen and oxygen atoms in total. The topological polar surface area (TPSA) is 79.4 Å². The molecule has 67 heavy (non-hydrogen) atoms. The fraction of sp³-hybridized carbons (Fsp3) is 0.722. The summed E-state index contributed by atoms with van der Waals surface area (Å²) >= 11 is 25.2. The molecule has 2 saturated carbocycles. The maximum absolute atomic E-state index is 13.5. The Balaban J connectivity index is 0.000000200. The zero-order valence-corrected chi connectivity index (χ0v) is 44.6. The molecule has 3 amide bonds. The minimum absolute atomic E-state index is 0.0197. The van der Waals surface area contributed by atoms with Crippen LogP contribution in [0.25, 0.3) is 0 Å². The molecule has 4 atom stereocenters. The van der Waals surface area contributed by atoms with Crippen LogP contribution in [0.1, 0.15) is 149 Å². The molecule has 0 radical (unpaired) electrons. The fourth-order valence-electron chi connectivity index (χ4n) is 11.3. The van der Waals surface area contributed by atoms with Gasteiger partial charge in [-0.15, -0.1) is 0 Å². The first kappa shape index (κ1) is 52.7. The van der Waals surface area contributed by atoms with E-state index in [1.807, 2.05) is 23.1 Å². The van der Waals surface area contributed by atoms with E-state index in [0.717, 1.165) is 116 Å². The zero-order chi connectivity index (χ0) is 48.2. The van der Waals surface area contributed by atoms with E-state index in [4.69, 9.17) is 46.4 Å². The number of likely N-dealkylation sites (tertiary alicyclic amines) is 1. The van der Waals surface area contributed by atoms with Crippen molar-refractivity contribution in [2.75, 3.05) is 65.4 Å². The highest BCUT2D eigenvalue weighted by molar-refractivity contribution is 6.42. The summed E-state index contributed by atoms with van der Waals surface area (Å²) in [6.07, 6.45) is 12.9. The summed E-state index contributed by atoms with van der Waals surface area (Å²) in [4.78, 5) is 50.1. The van der Waals surface area contributed by atoms with Crippen molar-refractivity contribution >= 4 is 64.1 Å². The molecule has 2 aliphatic carbocycles. The molecule has 0 aromatic heterocycles. The monoisotopic (exact) mass is 1000 g/mol. The zero-order valence-electron chi connectivity index (χ0n) is 41.6. The molecular formula is C54H80Cl4N6O3. The molecule has 0 bridgehead atoms. The fourth-order valence-corrected chi connectivity index (χ4v) is 11.9. The third-order valence-corrected chi connectivity index (χ3v) is 17.4. The number of piperidine rings is 2. The Morgan fingerprint density at radius 3 is 1.31 bits per heavy atom. The third-order valence-electron chi connectivity index (χ3n) is 16.0. The van der Waals surface area contributed by atoms with Gasteiger partial charge in [-0.25, -0.2) is 0 Å². The van der Waals surface area contributed by atoms with Gasteiger partial charge in [-0.3, -0.25) is 24.2 Å². The maximum Gasteiger partial charge on any atom is 0.223 e. The second-order valence-corrected chi connectivity index (χ2v) is 24.8. The Labute approximate surface area is 423 Å². The number of carbonyl (C=O) groups is 3. The van der Waals surface area contributed by atoms with Crippen molar-refractivity contribution in [3.05, 3.63) is 67.6 Å². The predicted octanol–water partition coefficient (Wildman–Crippen LogP) is 11.8. The second kappa shape index (κ2) is 23.0. The molecule has 1 N–H and O–H groups in total. The first-order valence-corrected chi connectivity index (χ1v) is 27.2. The smallest absolute Gasteiger partial charge is 0.223 e. The Hall–Kier alpha value is -2.11. The van der Waals surface area contributed by atoms with Crippen molar-refractivity contribution in [3.63, 3.8) is 0 Å². The lowest BCUT2D eigenvalue weighted by molar-refractivity contribution is -0.142. The number of benzene rings is 2. The summed E-state index contributed by atoms with van der Waals surface area (Å²) in [5, 5.41) is 5.87. The van der Waals surface area contributed by atoms with Crippen LogP contribution in [0.2, 0.25) is 20.1 Å². The van der Waals surface area contributed by atoms with Crippen LogP contribution in [-0.4, -0.2) is 120 Å². The highest BCUT2D eigenvalue weighted by atomic mass is 35.5. The molecule has 4 aliphatic heterocycles. The van der Waals surface area contributed by atoms with Crippen LogP contribution in [0.3, 0.4) is 0 Å². The summed E-state index contributed by atoms with van der Waals surface area (Å²) in [5.41, 5.74) is 2.50. The molecule has 2 unspecified atom stereocenters. The van der Waals surface area contributed by atoms with E-state index in [1.54, 1.807) is 6.92 Å². The molecule has 2 aromatic rings. The van der Waals surface area contributed by atoms with Crippen LogP contribution in [-0.2, 0) is 14.4 Å². The van der Waals surface area contributed by atoms with Gasteiger partial charge in [-0.1, -0.05) is 126 Å². The highest BCUT2D eigenvalue weighted by Gasteiger charge is 2.43. The molecule has 2 aromatic carbocycles. The van der Waals surface area contributed by atoms with Crippen molar-refractivity contribution in [2.45, 2.75) is 150 Å². The lowest BCUT2D eigenvalue weighted by Gasteiger charge is -2.50. The number of nitrogens with one attached hydrogen (secondary N) is 1. The van der Waals surface area contributed by atoms with Crippen LogP contribution in [0.4, 0.5) is 0 Å². The highest BCUT2D eigenvalue weighted by Crippen LogP contribution is 2.45. The van der Waals surface area contributed by atoms with Gasteiger partial charge in [0, 0.05) is 96.3 Å². The first-order chi connectivity index (χ1) is 31.7. The molecule has 13 heteroatoms.